The largest absolute Gasteiger partial charge is 0.479 e. The molecule has 2 aromatic rings. The second kappa shape index (κ2) is 9.97. The molecule has 1 N–H and O–H groups in total. The van der Waals surface area contributed by atoms with E-state index in [9.17, 15) is 14.9 Å². The van der Waals surface area contributed by atoms with Crippen LogP contribution in [0.15, 0.2) is 35.9 Å². The summed E-state index contributed by atoms with van der Waals surface area (Å²) in [4.78, 5) is 23.6. The fourth-order valence-corrected chi connectivity index (χ4v) is 2.94. The van der Waals surface area contributed by atoms with Crippen molar-refractivity contribution in [3.05, 3.63) is 62.6 Å². The standard InChI is InChI=1S/C21H18Cl2N2O4/c1-12-4-5-16(6-13(12)2)25-21(27)15(10-24)7-14-8-17(22)20(18(23)9-14)29-11-19(26)28-3/h4-9H,11H2,1-3H3,(H,25,27)/b15-7+. The van der Waals surface area contributed by atoms with Gasteiger partial charge in [0.1, 0.15) is 11.6 Å². The van der Waals surface area contributed by atoms with Gasteiger partial charge in [0.25, 0.3) is 5.91 Å². The Morgan fingerprint density at radius 2 is 1.79 bits per heavy atom. The Morgan fingerprint density at radius 1 is 1.14 bits per heavy atom. The molecule has 2 rings (SSSR count). The molecule has 0 heterocycles. The molecular weight excluding hydrogens is 415 g/mol. The Balaban J connectivity index is 2.23. The van der Waals surface area contributed by atoms with Gasteiger partial charge in [-0.25, -0.2) is 4.79 Å². The fraction of sp³-hybridized carbons (Fsp3) is 0.190. The van der Waals surface area contributed by atoms with E-state index in [1.54, 1.807) is 6.07 Å². The molecule has 0 bridgehead atoms. The fourth-order valence-electron chi connectivity index (χ4n) is 2.32. The summed E-state index contributed by atoms with van der Waals surface area (Å²) in [6.07, 6.45) is 1.36. The van der Waals surface area contributed by atoms with Crippen LogP contribution < -0.4 is 10.1 Å². The summed E-state index contributed by atoms with van der Waals surface area (Å²) in [6, 6.07) is 10.3. The van der Waals surface area contributed by atoms with Crippen LogP contribution >= 0.6 is 23.2 Å². The number of amides is 1. The van der Waals surface area contributed by atoms with Crippen molar-refractivity contribution < 1.29 is 19.1 Å². The maximum Gasteiger partial charge on any atom is 0.343 e. The molecule has 0 aromatic heterocycles. The van der Waals surface area contributed by atoms with Crippen LogP contribution in [-0.4, -0.2) is 25.6 Å². The third-order valence-electron chi connectivity index (χ3n) is 4.02. The first-order valence-corrected chi connectivity index (χ1v) is 9.19. The number of ether oxygens (including phenoxy) is 2. The number of anilines is 1. The molecule has 2 aromatic carbocycles. The van der Waals surface area contributed by atoms with Crippen LogP contribution in [0.5, 0.6) is 5.75 Å². The molecule has 6 nitrogen and oxygen atoms in total. The third kappa shape index (κ3) is 5.98. The van der Waals surface area contributed by atoms with E-state index >= 15 is 0 Å². The Bertz CT molecular complexity index is 1000. The van der Waals surface area contributed by atoms with Gasteiger partial charge in [0.05, 0.1) is 17.2 Å². The van der Waals surface area contributed by atoms with E-state index in [1.807, 2.05) is 32.0 Å². The second-order valence-corrected chi connectivity index (χ2v) is 6.92. The third-order valence-corrected chi connectivity index (χ3v) is 4.59. The van der Waals surface area contributed by atoms with E-state index in [1.165, 1.54) is 25.3 Å². The molecule has 8 heteroatoms. The van der Waals surface area contributed by atoms with Crippen LogP contribution in [0.2, 0.25) is 10.0 Å². The number of carbonyl (C=O) groups is 2. The lowest BCUT2D eigenvalue weighted by Gasteiger charge is -2.10. The number of methoxy groups -OCH3 is 1. The molecule has 0 aliphatic rings. The van der Waals surface area contributed by atoms with Crippen molar-refractivity contribution in [1.82, 2.24) is 0 Å². The first-order chi connectivity index (χ1) is 13.7. The highest BCUT2D eigenvalue weighted by molar-refractivity contribution is 6.37. The van der Waals surface area contributed by atoms with Gasteiger partial charge in [0.15, 0.2) is 12.4 Å². The van der Waals surface area contributed by atoms with Crippen LogP contribution in [-0.2, 0) is 14.3 Å². The first kappa shape index (κ1) is 22.3. The van der Waals surface area contributed by atoms with Gasteiger partial charge in [0.2, 0.25) is 0 Å². The minimum Gasteiger partial charge on any atom is -0.479 e. The number of aryl methyl sites for hydroxylation is 2. The highest BCUT2D eigenvalue weighted by atomic mass is 35.5. The quantitative estimate of drug-likeness (QED) is 0.405. The summed E-state index contributed by atoms with van der Waals surface area (Å²) in [5.74, 6) is -1.04. The smallest absolute Gasteiger partial charge is 0.343 e. The van der Waals surface area contributed by atoms with Crippen LogP contribution in [0.4, 0.5) is 5.69 Å². The number of carbonyl (C=O) groups excluding carboxylic acids is 2. The summed E-state index contributed by atoms with van der Waals surface area (Å²) in [5, 5.41) is 12.3. The van der Waals surface area contributed by atoms with Crippen molar-refractivity contribution in [2.45, 2.75) is 13.8 Å². The number of nitrogens with zero attached hydrogens (tertiary/aromatic N) is 1. The van der Waals surface area contributed by atoms with Gasteiger partial charge in [-0.3, -0.25) is 4.79 Å². The number of hydrogen-bond donors (Lipinski definition) is 1. The van der Waals surface area contributed by atoms with Crippen molar-refractivity contribution in [3.8, 4) is 11.8 Å². The van der Waals surface area contributed by atoms with Gasteiger partial charge in [-0.2, -0.15) is 5.26 Å². The van der Waals surface area contributed by atoms with Crippen LogP contribution in [0, 0.1) is 25.2 Å². The second-order valence-electron chi connectivity index (χ2n) is 6.10. The summed E-state index contributed by atoms with van der Waals surface area (Å²) in [5.41, 5.74) is 3.00. The Kier molecular flexibility index (Phi) is 7.66. The molecule has 0 saturated heterocycles. The zero-order valence-electron chi connectivity index (χ0n) is 16.0. The van der Waals surface area contributed by atoms with Crippen LogP contribution in [0.25, 0.3) is 6.08 Å². The number of halogens is 2. The van der Waals surface area contributed by atoms with E-state index in [0.717, 1.165) is 11.1 Å². The van der Waals surface area contributed by atoms with Crippen molar-refractivity contribution in [2.24, 2.45) is 0 Å². The number of benzene rings is 2. The van der Waals surface area contributed by atoms with Crippen molar-refractivity contribution in [3.63, 3.8) is 0 Å². The predicted molar refractivity (Wildman–Crippen MR) is 112 cm³/mol. The average molecular weight is 433 g/mol. The summed E-state index contributed by atoms with van der Waals surface area (Å²) in [7, 11) is 1.23. The van der Waals surface area contributed by atoms with E-state index in [0.29, 0.717) is 11.3 Å². The number of rotatable bonds is 6. The number of nitriles is 1. The van der Waals surface area contributed by atoms with Gasteiger partial charge in [-0.05, 0) is 60.9 Å². The molecule has 29 heavy (non-hydrogen) atoms. The predicted octanol–water partition coefficient (Wildman–Crippen LogP) is 4.71. The van der Waals surface area contributed by atoms with Gasteiger partial charge in [0, 0.05) is 5.69 Å². The molecule has 0 saturated carbocycles. The molecule has 0 aliphatic heterocycles. The molecule has 0 spiro atoms. The van der Waals surface area contributed by atoms with E-state index in [4.69, 9.17) is 27.9 Å². The zero-order valence-corrected chi connectivity index (χ0v) is 17.5. The molecule has 0 fully saturated rings. The van der Waals surface area contributed by atoms with E-state index in [2.05, 4.69) is 10.1 Å². The van der Waals surface area contributed by atoms with Crippen LogP contribution in [0.3, 0.4) is 0 Å². The number of esters is 1. The van der Waals surface area contributed by atoms with Crippen molar-refractivity contribution in [2.75, 3.05) is 19.0 Å². The Hall–Kier alpha value is -3.01. The maximum absolute atomic E-state index is 12.4. The minimum atomic E-state index is -0.587. The van der Waals surface area contributed by atoms with Crippen molar-refractivity contribution >= 4 is 46.8 Å². The molecule has 1 amide bonds. The zero-order chi connectivity index (χ0) is 21.6. The van der Waals surface area contributed by atoms with Crippen molar-refractivity contribution in [1.29, 1.82) is 5.26 Å². The Labute approximate surface area is 178 Å². The van der Waals surface area contributed by atoms with Gasteiger partial charge in [-0.15, -0.1) is 0 Å². The number of hydrogen-bond acceptors (Lipinski definition) is 5. The normalized spacial score (nSPS) is 10.8. The van der Waals surface area contributed by atoms with E-state index < -0.39 is 11.9 Å². The molecular formula is C21H18Cl2N2O4. The summed E-state index contributed by atoms with van der Waals surface area (Å²) >= 11 is 12.3. The number of nitrogens with one attached hydrogen (secondary N) is 1. The molecule has 0 atom stereocenters. The van der Waals surface area contributed by atoms with Crippen LogP contribution in [0.1, 0.15) is 16.7 Å². The topological polar surface area (TPSA) is 88.4 Å². The molecule has 0 unspecified atom stereocenters. The average Bonchev–Trinajstić information content (AvgIpc) is 2.67. The minimum absolute atomic E-state index is 0.106. The van der Waals surface area contributed by atoms with Gasteiger partial charge < -0.3 is 14.8 Å². The molecule has 150 valence electrons. The lowest BCUT2D eigenvalue weighted by atomic mass is 10.1. The van der Waals surface area contributed by atoms with Gasteiger partial charge in [-0.1, -0.05) is 29.3 Å². The summed E-state index contributed by atoms with van der Waals surface area (Å²) < 4.78 is 9.74. The molecule has 0 radical (unpaired) electrons. The lowest BCUT2D eigenvalue weighted by Crippen LogP contribution is -2.14. The van der Waals surface area contributed by atoms with E-state index in [-0.39, 0.29) is 28.0 Å². The lowest BCUT2D eigenvalue weighted by molar-refractivity contribution is -0.142. The maximum atomic E-state index is 12.4. The highest BCUT2D eigenvalue weighted by Gasteiger charge is 2.14. The highest BCUT2D eigenvalue weighted by Crippen LogP contribution is 2.35. The summed E-state index contributed by atoms with van der Waals surface area (Å²) in [6.45, 7) is 3.54. The Morgan fingerprint density at radius 3 is 2.34 bits per heavy atom. The van der Waals surface area contributed by atoms with Gasteiger partial charge >= 0.3 is 5.97 Å². The SMILES string of the molecule is COC(=O)COc1c(Cl)cc(/C=C(\C#N)C(=O)Nc2ccc(C)c(C)c2)cc1Cl. The monoisotopic (exact) mass is 432 g/mol. The first-order valence-electron chi connectivity index (χ1n) is 8.44. The molecule has 0 aliphatic carbocycles.